The Hall–Kier alpha value is -1.64. The number of carboxylic acid groups (broad SMARTS) is 1. The standard InChI is InChI=1S/C15H26N2O6S/c1-3-5-10(6-4-2)24(22,23)9-12(15(20)21)17-14(19)11-7-8-13(18)16-11/h10-12H,3-9H2,1-2H3,(H,16,18)(H,17,19)(H,20,21)/t11-,12?/m0/s1. The van der Waals surface area contributed by atoms with Gasteiger partial charge in [-0.2, -0.15) is 0 Å². The number of nitrogens with one attached hydrogen (secondary N) is 2. The van der Waals surface area contributed by atoms with Gasteiger partial charge in [0.05, 0.1) is 11.0 Å². The zero-order chi connectivity index (χ0) is 18.3. The van der Waals surface area contributed by atoms with Crippen molar-refractivity contribution in [3.05, 3.63) is 0 Å². The number of hydrogen-bond donors (Lipinski definition) is 3. The van der Waals surface area contributed by atoms with E-state index in [1.165, 1.54) is 0 Å². The van der Waals surface area contributed by atoms with Crippen molar-refractivity contribution in [2.24, 2.45) is 0 Å². The molecule has 1 saturated heterocycles. The fourth-order valence-electron chi connectivity index (χ4n) is 2.77. The van der Waals surface area contributed by atoms with Crippen LogP contribution in [0.4, 0.5) is 0 Å². The number of aliphatic carboxylic acids is 1. The van der Waals surface area contributed by atoms with E-state index >= 15 is 0 Å². The summed E-state index contributed by atoms with van der Waals surface area (Å²) in [5.41, 5.74) is 0. The van der Waals surface area contributed by atoms with E-state index in [0.29, 0.717) is 25.7 Å². The maximum atomic E-state index is 12.5. The largest absolute Gasteiger partial charge is 0.480 e. The van der Waals surface area contributed by atoms with Gasteiger partial charge in [-0.1, -0.05) is 26.7 Å². The maximum absolute atomic E-state index is 12.5. The summed E-state index contributed by atoms with van der Waals surface area (Å²) in [5, 5.41) is 13.3. The van der Waals surface area contributed by atoms with Crippen molar-refractivity contribution >= 4 is 27.6 Å². The maximum Gasteiger partial charge on any atom is 0.327 e. The summed E-state index contributed by atoms with van der Waals surface area (Å²) >= 11 is 0. The zero-order valence-corrected chi connectivity index (χ0v) is 14.9. The Morgan fingerprint density at radius 1 is 1.29 bits per heavy atom. The summed E-state index contributed by atoms with van der Waals surface area (Å²) < 4.78 is 25.0. The molecule has 1 aliphatic rings. The summed E-state index contributed by atoms with van der Waals surface area (Å²) in [6, 6.07) is -2.32. The molecule has 0 aromatic carbocycles. The van der Waals surface area contributed by atoms with E-state index in [-0.39, 0.29) is 18.7 Å². The lowest BCUT2D eigenvalue weighted by atomic mass is 10.2. The van der Waals surface area contributed by atoms with Crippen molar-refractivity contribution in [1.29, 1.82) is 0 Å². The first-order valence-corrected chi connectivity index (χ1v) is 9.96. The van der Waals surface area contributed by atoms with Crippen LogP contribution in [-0.4, -0.2) is 54.4 Å². The number of hydrogen-bond acceptors (Lipinski definition) is 5. The fourth-order valence-corrected chi connectivity index (χ4v) is 4.93. The Morgan fingerprint density at radius 3 is 2.29 bits per heavy atom. The van der Waals surface area contributed by atoms with E-state index in [9.17, 15) is 27.9 Å². The third kappa shape index (κ3) is 5.77. The molecule has 1 aliphatic heterocycles. The van der Waals surface area contributed by atoms with Crippen LogP contribution < -0.4 is 10.6 Å². The molecule has 1 rings (SSSR count). The fraction of sp³-hybridized carbons (Fsp3) is 0.800. The molecule has 1 unspecified atom stereocenters. The molecule has 0 aromatic heterocycles. The summed E-state index contributed by atoms with van der Waals surface area (Å²) in [6.07, 6.45) is 2.77. The van der Waals surface area contributed by atoms with Crippen LogP contribution in [0.2, 0.25) is 0 Å². The Morgan fingerprint density at radius 2 is 1.88 bits per heavy atom. The molecule has 0 saturated carbocycles. The van der Waals surface area contributed by atoms with Crippen LogP contribution >= 0.6 is 0 Å². The number of sulfone groups is 1. The molecule has 0 radical (unpaired) electrons. The third-order valence-electron chi connectivity index (χ3n) is 4.05. The second-order valence-electron chi connectivity index (χ2n) is 6.09. The van der Waals surface area contributed by atoms with Gasteiger partial charge in [-0.15, -0.1) is 0 Å². The lowest BCUT2D eigenvalue weighted by Crippen LogP contribution is -2.52. The molecule has 9 heteroatoms. The van der Waals surface area contributed by atoms with E-state index in [1.807, 2.05) is 13.8 Å². The van der Waals surface area contributed by atoms with E-state index < -0.39 is 44.8 Å². The molecule has 138 valence electrons. The molecule has 2 amide bonds. The van der Waals surface area contributed by atoms with Crippen LogP contribution in [0.15, 0.2) is 0 Å². The number of amides is 2. The number of carboxylic acids is 1. The third-order valence-corrected chi connectivity index (χ3v) is 6.34. The summed E-state index contributed by atoms with van der Waals surface area (Å²) in [7, 11) is -3.65. The van der Waals surface area contributed by atoms with Crippen molar-refractivity contribution in [2.75, 3.05) is 5.75 Å². The highest BCUT2D eigenvalue weighted by Gasteiger charge is 2.34. The van der Waals surface area contributed by atoms with Crippen LogP contribution in [0.1, 0.15) is 52.4 Å². The van der Waals surface area contributed by atoms with E-state index in [4.69, 9.17) is 0 Å². The summed E-state index contributed by atoms with van der Waals surface area (Å²) in [6.45, 7) is 3.74. The van der Waals surface area contributed by atoms with Crippen LogP contribution in [0, 0.1) is 0 Å². The predicted molar refractivity (Wildman–Crippen MR) is 88.1 cm³/mol. The first-order valence-electron chi connectivity index (χ1n) is 8.25. The normalized spacial score (nSPS) is 19.1. The van der Waals surface area contributed by atoms with Gasteiger partial charge in [0, 0.05) is 6.42 Å². The van der Waals surface area contributed by atoms with Gasteiger partial charge in [-0.25, -0.2) is 13.2 Å². The van der Waals surface area contributed by atoms with Crippen molar-refractivity contribution < 1.29 is 27.9 Å². The lowest BCUT2D eigenvalue weighted by Gasteiger charge is -2.21. The average Bonchev–Trinajstić information content (AvgIpc) is 2.92. The Bertz CT molecular complexity index is 569. The second kappa shape index (κ2) is 9.00. The summed E-state index contributed by atoms with van der Waals surface area (Å²) in [5.74, 6) is -2.98. The van der Waals surface area contributed by atoms with E-state index in [0.717, 1.165) is 0 Å². The number of rotatable bonds is 10. The molecule has 0 aliphatic carbocycles. The second-order valence-corrected chi connectivity index (χ2v) is 8.41. The average molecular weight is 362 g/mol. The van der Waals surface area contributed by atoms with E-state index in [1.54, 1.807) is 0 Å². The van der Waals surface area contributed by atoms with Crippen molar-refractivity contribution in [2.45, 2.75) is 69.7 Å². The molecule has 3 N–H and O–H groups in total. The van der Waals surface area contributed by atoms with Crippen LogP contribution in [0.25, 0.3) is 0 Å². The Labute approximate surface area is 142 Å². The summed E-state index contributed by atoms with van der Waals surface area (Å²) in [4.78, 5) is 34.5. The monoisotopic (exact) mass is 362 g/mol. The first kappa shape index (κ1) is 20.4. The molecule has 1 fully saturated rings. The zero-order valence-electron chi connectivity index (χ0n) is 14.1. The lowest BCUT2D eigenvalue weighted by molar-refractivity contribution is -0.141. The molecule has 0 aromatic rings. The minimum atomic E-state index is -3.65. The van der Waals surface area contributed by atoms with Gasteiger partial charge in [0.15, 0.2) is 9.84 Å². The SMILES string of the molecule is CCCC(CCC)S(=O)(=O)CC(NC(=O)[C@@H]1CCC(=O)N1)C(=O)O. The van der Waals surface area contributed by atoms with Gasteiger partial charge in [0.1, 0.15) is 12.1 Å². The Kier molecular flexibility index (Phi) is 7.65. The smallest absolute Gasteiger partial charge is 0.327 e. The quantitative estimate of drug-likeness (QED) is 0.510. The van der Waals surface area contributed by atoms with Gasteiger partial charge in [0.25, 0.3) is 0 Å². The molecular weight excluding hydrogens is 336 g/mol. The van der Waals surface area contributed by atoms with Gasteiger partial charge >= 0.3 is 5.97 Å². The van der Waals surface area contributed by atoms with Gasteiger partial charge < -0.3 is 15.7 Å². The molecule has 1 heterocycles. The first-order chi connectivity index (χ1) is 11.2. The predicted octanol–water partition coefficient (Wildman–Crippen LogP) is 0.218. The molecule has 0 bridgehead atoms. The van der Waals surface area contributed by atoms with Crippen molar-refractivity contribution in [1.82, 2.24) is 10.6 Å². The van der Waals surface area contributed by atoms with Crippen LogP contribution in [-0.2, 0) is 24.2 Å². The van der Waals surface area contributed by atoms with Gasteiger partial charge in [-0.3, -0.25) is 9.59 Å². The highest BCUT2D eigenvalue weighted by molar-refractivity contribution is 7.92. The van der Waals surface area contributed by atoms with E-state index in [2.05, 4.69) is 10.6 Å². The highest BCUT2D eigenvalue weighted by Crippen LogP contribution is 2.17. The van der Waals surface area contributed by atoms with Crippen molar-refractivity contribution in [3.8, 4) is 0 Å². The number of carbonyl (C=O) groups excluding carboxylic acids is 2. The highest BCUT2D eigenvalue weighted by atomic mass is 32.2. The minimum absolute atomic E-state index is 0.198. The Balaban J connectivity index is 2.78. The van der Waals surface area contributed by atoms with Gasteiger partial charge in [-0.05, 0) is 19.3 Å². The molecular formula is C15H26N2O6S. The minimum Gasteiger partial charge on any atom is -0.480 e. The topological polar surface area (TPSA) is 130 Å². The number of carbonyl (C=O) groups is 3. The van der Waals surface area contributed by atoms with Crippen LogP contribution in [0.5, 0.6) is 0 Å². The molecule has 24 heavy (non-hydrogen) atoms. The van der Waals surface area contributed by atoms with Crippen molar-refractivity contribution in [3.63, 3.8) is 0 Å². The van der Waals surface area contributed by atoms with Crippen LogP contribution in [0.3, 0.4) is 0 Å². The van der Waals surface area contributed by atoms with Gasteiger partial charge in [0.2, 0.25) is 11.8 Å². The molecule has 0 spiro atoms. The molecule has 2 atom stereocenters. The molecule has 8 nitrogen and oxygen atoms in total.